The molecular weight excluding hydrogens is 292 g/mol. The molecule has 2 rings (SSSR count). The maximum Gasteiger partial charge on any atom is 0.410 e. The average molecular weight is 320 g/mol. The Balaban J connectivity index is 2.16. The van der Waals surface area contributed by atoms with Crippen molar-refractivity contribution in [2.75, 3.05) is 20.2 Å². The number of rotatable bonds is 4. The zero-order chi connectivity index (χ0) is 17.0. The van der Waals surface area contributed by atoms with Crippen molar-refractivity contribution in [2.24, 2.45) is 0 Å². The van der Waals surface area contributed by atoms with Gasteiger partial charge in [0, 0.05) is 25.2 Å². The van der Waals surface area contributed by atoms with Crippen molar-refractivity contribution >= 4 is 6.09 Å². The Bertz CT molecular complexity index is 564. The van der Waals surface area contributed by atoms with Crippen LogP contribution in [0.5, 0.6) is 5.75 Å². The molecule has 1 aromatic rings. The molecule has 1 amide bonds. The first-order chi connectivity index (χ1) is 10.8. The monoisotopic (exact) mass is 320 g/mol. The van der Waals surface area contributed by atoms with Gasteiger partial charge in [-0.25, -0.2) is 4.79 Å². The molecule has 0 aromatic heterocycles. The Labute approximate surface area is 139 Å². The van der Waals surface area contributed by atoms with Crippen molar-refractivity contribution in [1.29, 1.82) is 0 Å². The van der Waals surface area contributed by atoms with Gasteiger partial charge in [-0.15, -0.1) is 0 Å². The first kappa shape index (κ1) is 17.6. The van der Waals surface area contributed by atoms with Crippen molar-refractivity contribution in [3.8, 4) is 5.75 Å². The Morgan fingerprint density at radius 1 is 1.30 bits per heavy atom. The van der Waals surface area contributed by atoms with Crippen molar-refractivity contribution in [2.45, 2.75) is 52.8 Å². The summed E-state index contributed by atoms with van der Waals surface area (Å²) >= 11 is 0. The zero-order valence-corrected chi connectivity index (χ0v) is 14.9. The topological polar surface area (TPSA) is 50.8 Å². The highest BCUT2D eigenvalue weighted by Crippen LogP contribution is 2.28. The second-order valence-corrected chi connectivity index (χ2v) is 6.86. The maximum atomic E-state index is 12.2. The fourth-order valence-electron chi connectivity index (χ4n) is 2.71. The fourth-order valence-corrected chi connectivity index (χ4v) is 2.71. The summed E-state index contributed by atoms with van der Waals surface area (Å²) in [5, 5.41) is 3.33. The molecule has 1 N–H and O–H groups in total. The first-order valence-electron chi connectivity index (χ1n) is 8.21. The lowest BCUT2D eigenvalue weighted by atomic mass is 9.96. The summed E-state index contributed by atoms with van der Waals surface area (Å²) in [4.78, 5) is 14.0. The van der Waals surface area contributed by atoms with Crippen LogP contribution in [-0.2, 0) is 24.2 Å². The zero-order valence-electron chi connectivity index (χ0n) is 14.9. The van der Waals surface area contributed by atoms with E-state index in [9.17, 15) is 4.79 Å². The molecule has 5 nitrogen and oxygen atoms in total. The summed E-state index contributed by atoms with van der Waals surface area (Å²) in [6, 6.07) is 4.25. The molecule has 0 spiro atoms. The second kappa shape index (κ2) is 7.21. The van der Waals surface area contributed by atoms with E-state index in [0.717, 1.165) is 30.8 Å². The SMILES string of the molecule is CCNCc1cc2c(cc1OC)CN(C(=O)OC(C)(C)C)CC2. The van der Waals surface area contributed by atoms with Crippen LogP contribution in [0.2, 0.25) is 0 Å². The molecular formula is C18H28N2O3. The largest absolute Gasteiger partial charge is 0.496 e. The summed E-state index contributed by atoms with van der Waals surface area (Å²) in [7, 11) is 1.69. The Kier molecular flexibility index (Phi) is 5.52. The van der Waals surface area contributed by atoms with Gasteiger partial charge in [-0.1, -0.05) is 13.0 Å². The maximum absolute atomic E-state index is 12.2. The molecule has 0 fully saturated rings. The highest BCUT2D eigenvalue weighted by atomic mass is 16.6. The molecule has 5 heteroatoms. The number of carbonyl (C=O) groups is 1. The van der Waals surface area contributed by atoms with E-state index in [0.29, 0.717) is 13.1 Å². The summed E-state index contributed by atoms with van der Waals surface area (Å²) in [6.45, 7) is 10.7. The molecule has 0 bridgehead atoms. The third-order valence-corrected chi connectivity index (χ3v) is 3.83. The molecule has 128 valence electrons. The van der Waals surface area contributed by atoms with Gasteiger partial charge in [0.1, 0.15) is 11.4 Å². The highest BCUT2D eigenvalue weighted by molar-refractivity contribution is 5.68. The number of fused-ring (bicyclic) bond motifs is 1. The lowest BCUT2D eigenvalue weighted by Crippen LogP contribution is -2.40. The number of nitrogens with zero attached hydrogens (tertiary/aromatic N) is 1. The molecule has 0 saturated heterocycles. The van der Waals surface area contributed by atoms with E-state index < -0.39 is 5.60 Å². The summed E-state index contributed by atoms with van der Waals surface area (Å²) in [6.07, 6.45) is 0.594. The Morgan fingerprint density at radius 3 is 2.65 bits per heavy atom. The van der Waals surface area contributed by atoms with Crippen LogP contribution in [0, 0.1) is 0 Å². The van der Waals surface area contributed by atoms with E-state index in [1.807, 2.05) is 20.8 Å². The average Bonchev–Trinajstić information content (AvgIpc) is 2.49. The smallest absolute Gasteiger partial charge is 0.410 e. The molecule has 0 radical (unpaired) electrons. The van der Waals surface area contributed by atoms with Crippen molar-refractivity contribution in [3.05, 3.63) is 28.8 Å². The molecule has 0 atom stereocenters. The Hall–Kier alpha value is -1.75. The quantitative estimate of drug-likeness (QED) is 0.926. The van der Waals surface area contributed by atoms with Crippen LogP contribution >= 0.6 is 0 Å². The van der Waals surface area contributed by atoms with Gasteiger partial charge in [-0.2, -0.15) is 0 Å². The van der Waals surface area contributed by atoms with Gasteiger partial charge in [0.05, 0.1) is 7.11 Å². The number of hydrogen-bond donors (Lipinski definition) is 1. The molecule has 23 heavy (non-hydrogen) atoms. The summed E-state index contributed by atoms with van der Waals surface area (Å²) in [5.74, 6) is 0.871. The minimum atomic E-state index is -0.468. The van der Waals surface area contributed by atoms with E-state index in [1.165, 1.54) is 11.1 Å². The van der Waals surface area contributed by atoms with Crippen molar-refractivity contribution in [1.82, 2.24) is 10.2 Å². The summed E-state index contributed by atoms with van der Waals surface area (Å²) in [5.41, 5.74) is 3.13. The lowest BCUT2D eigenvalue weighted by Gasteiger charge is -2.31. The Morgan fingerprint density at radius 2 is 2.04 bits per heavy atom. The summed E-state index contributed by atoms with van der Waals surface area (Å²) < 4.78 is 11.0. The number of methoxy groups -OCH3 is 1. The van der Waals surface area contributed by atoms with Gasteiger partial charge in [0.2, 0.25) is 0 Å². The van der Waals surface area contributed by atoms with E-state index in [-0.39, 0.29) is 6.09 Å². The van der Waals surface area contributed by atoms with E-state index in [4.69, 9.17) is 9.47 Å². The van der Waals surface area contributed by atoms with E-state index >= 15 is 0 Å². The number of amides is 1. The second-order valence-electron chi connectivity index (χ2n) is 6.86. The van der Waals surface area contributed by atoms with Gasteiger partial charge in [-0.3, -0.25) is 0 Å². The van der Waals surface area contributed by atoms with Crippen LogP contribution in [0.25, 0.3) is 0 Å². The predicted molar refractivity (Wildman–Crippen MR) is 90.7 cm³/mol. The molecule has 1 aromatic carbocycles. The highest BCUT2D eigenvalue weighted by Gasteiger charge is 2.26. The lowest BCUT2D eigenvalue weighted by molar-refractivity contribution is 0.0224. The molecule has 0 aliphatic carbocycles. The van der Waals surface area contributed by atoms with E-state index in [1.54, 1.807) is 12.0 Å². The van der Waals surface area contributed by atoms with Crippen LogP contribution in [-0.4, -0.2) is 36.8 Å². The van der Waals surface area contributed by atoms with E-state index in [2.05, 4.69) is 24.4 Å². The molecule has 0 unspecified atom stereocenters. The number of hydrogen-bond acceptors (Lipinski definition) is 4. The third-order valence-electron chi connectivity index (χ3n) is 3.83. The molecule has 1 aliphatic heterocycles. The number of benzene rings is 1. The van der Waals surface area contributed by atoms with Crippen LogP contribution in [0.15, 0.2) is 12.1 Å². The van der Waals surface area contributed by atoms with Gasteiger partial charge >= 0.3 is 6.09 Å². The van der Waals surface area contributed by atoms with Crippen LogP contribution in [0.1, 0.15) is 44.4 Å². The minimum Gasteiger partial charge on any atom is -0.496 e. The number of nitrogens with one attached hydrogen (secondary N) is 1. The van der Waals surface area contributed by atoms with Crippen molar-refractivity contribution in [3.63, 3.8) is 0 Å². The van der Waals surface area contributed by atoms with Gasteiger partial charge in [-0.05, 0) is 50.9 Å². The number of ether oxygens (including phenoxy) is 2. The minimum absolute atomic E-state index is 0.251. The normalized spacial score (nSPS) is 14.4. The first-order valence-corrected chi connectivity index (χ1v) is 8.21. The molecule has 0 saturated carbocycles. The van der Waals surface area contributed by atoms with Crippen LogP contribution < -0.4 is 10.1 Å². The number of carbonyl (C=O) groups excluding carboxylic acids is 1. The third kappa shape index (κ3) is 4.61. The molecule has 1 aliphatic rings. The fraction of sp³-hybridized carbons (Fsp3) is 0.611. The van der Waals surface area contributed by atoms with Crippen molar-refractivity contribution < 1.29 is 14.3 Å². The van der Waals surface area contributed by atoms with Gasteiger partial charge in [0.25, 0.3) is 0 Å². The van der Waals surface area contributed by atoms with Gasteiger partial charge < -0.3 is 19.7 Å². The van der Waals surface area contributed by atoms with Gasteiger partial charge in [0.15, 0.2) is 0 Å². The van der Waals surface area contributed by atoms with Crippen LogP contribution in [0.4, 0.5) is 4.79 Å². The molecule has 1 heterocycles. The predicted octanol–water partition coefficient (Wildman–Crippen LogP) is 3.10. The standard InChI is InChI=1S/C18H28N2O3/c1-6-19-11-14-9-13-7-8-20(17(21)23-18(2,3)4)12-15(13)10-16(14)22-5/h9-10,19H,6-8,11-12H2,1-5H3. The van der Waals surface area contributed by atoms with Crippen LogP contribution in [0.3, 0.4) is 0 Å².